The average molecular weight is 258 g/mol. The summed E-state index contributed by atoms with van der Waals surface area (Å²) in [6.07, 6.45) is 0. The molecule has 54 valence electrons. The summed E-state index contributed by atoms with van der Waals surface area (Å²) in [6, 6.07) is 0. The Kier molecular flexibility index (Phi) is 22.1. The van der Waals surface area contributed by atoms with Crippen molar-refractivity contribution < 1.29 is 75.7 Å². The normalized spacial score (nSPS) is 8.00. The van der Waals surface area contributed by atoms with Gasteiger partial charge in [0.25, 0.3) is 0 Å². The van der Waals surface area contributed by atoms with Crippen molar-refractivity contribution in [3.63, 3.8) is 0 Å². The van der Waals surface area contributed by atoms with Gasteiger partial charge in [-0.25, -0.2) is 0 Å². The van der Waals surface area contributed by atoms with Gasteiger partial charge in [-0.2, -0.15) is 0 Å². The molecule has 0 aliphatic carbocycles. The van der Waals surface area contributed by atoms with Crippen molar-refractivity contribution in [2.45, 2.75) is 0 Å². The van der Waals surface area contributed by atoms with Gasteiger partial charge in [0.15, 0.2) is 0 Å². The van der Waals surface area contributed by atoms with E-state index in [1.165, 1.54) is 0 Å². The van der Waals surface area contributed by atoms with Crippen LogP contribution >= 0.6 is 0 Å². The Labute approximate surface area is 75.7 Å². The first-order valence-electron chi connectivity index (χ1n) is 0.926. The average Bonchev–Trinajstić information content (AvgIpc) is 1.25. The van der Waals surface area contributed by atoms with E-state index < -0.39 is 21.6 Å². The second-order valence-corrected chi connectivity index (χ2v) is 1.13. The van der Waals surface area contributed by atoms with Crippen LogP contribution in [0.5, 0.6) is 0 Å². The van der Waals surface area contributed by atoms with Crippen LogP contribution < -0.4 is 28.0 Å². The second-order valence-electron chi connectivity index (χ2n) is 0.378. The molecule has 0 spiro atoms. The second kappa shape index (κ2) is 12.0. The van der Waals surface area contributed by atoms with Crippen molar-refractivity contribution in [1.82, 2.24) is 0 Å². The third kappa shape index (κ3) is 322. The smallest absolute Gasteiger partial charge is 0.357 e. The molecule has 0 atom stereocenters. The molecular weight excluding hydrogens is 258 g/mol. The van der Waals surface area contributed by atoms with Gasteiger partial charge < -0.3 is 28.0 Å². The molecule has 9 heteroatoms. The minimum atomic E-state index is -2.85. The van der Waals surface area contributed by atoms with Crippen LogP contribution in [0.2, 0.25) is 0 Å². The van der Waals surface area contributed by atoms with Gasteiger partial charge in [0.05, 0.1) is 21.6 Å². The monoisotopic (exact) mass is 256 g/mol. The Morgan fingerprint density at radius 1 is 0.556 bits per heavy atom. The minimum absolute atomic E-state index is 0. The predicted molar refractivity (Wildman–Crippen MR) is 0 cm³/mol. The van der Waals surface area contributed by atoms with E-state index in [1.54, 1.807) is 0 Å². The SMILES string of the molecule is [O-][Cl+2]([O-])[O-].[O-][Cl+2]([O-])[O-].[Zr+2]. The van der Waals surface area contributed by atoms with Crippen molar-refractivity contribution in [3.8, 4) is 0 Å². The van der Waals surface area contributed by atoms with Gasteiger partial charge in [0, 0.05) is 0 Å². The summed E-state index contributed by atoms with van der Waals surface area (Å²) in [7, 11) is -5.70. The fourth-order valence-electron chi connectivity index (χ4n) is 0. The summed E-state index contributed by atoms with van der Waals surface area (Å²) in [5.74, 6) is 0. The van der Waals surface area contributed by atoms with Gasteiger partial charge in [0.1, 0.15) is 0 Å². The molecule has 0 bridgehead atoms. The first-order chi connectivity index (χ1) is 3.46. The first kappa shape index (κ1) is 16.7. The molecule has 0 saturated heterocycles. The van der Waals surface area contributed by atoms with Gasteiger partial charge >= 0.3 is 26.2 Å². The van der Waals surface area contributed by atoms with Crippen molar-refractivity contribution in [2.24, 2.45) is 0 Å². The molecule has 0 amide bonds. The maximum Gasteiger partial charge on any atom is 2.00 e. The van der Waals surface area contributed by atoms with E-state index in [0.29, 0.717) is 0 Å². The van der Waals surface area contributed by atoms with Gasteiger partial charge in [-0.3, -0.25) is 0 Å². The molecule has 0 aromatic heterocycles. The molecule has 0 aliphatic rings. The van der Waals surface area contributed by atoms with Crippen LogP contribution in [0.1, 0.15) is 0 Å². The predicted octanol–water partition coefficient (Wildman–Crippen LogP) is -7.14. The van der Waals surface area contributed by atoms with E-state index in [-0.39, 0.29) is 26.2 Å². The summed E-state index contributed by atoms with van der Waals surface area (Å²) in [5, 5.41) is 0. The van der Waals surface area contributed by atoms with E-state index in [9.17, 15) is 0 Å². The van der Waals surface area contributed by atoms with Crippen LogP contribution in [0, 0.1) is 21.6 Å². The van der Waals surface area contributed by atoms with Crippen molar-refractivity contribution in [1.29, 1.82) is 0 Å². The number of halogens is 2. The summed E-state index contributed by atoms with van der Waals surface area (Å²) in [6.45, 7) is 0. The molecule has 0 saturated carbocycles. The molecule has 0 radical (unpaired) electrons. The van der Waals surface area contributed by atoms with Crippen molar-refractivity contribution in [3.05, 3.63) is 0 Å². The maximum atomic E-state index is 8.41. The van der Waals surface area contributed by atoms with Gasteiger partial charge in [-0.15, -0.1) is 0 Å². The summed E-state index contributed by atoms with van der Waals surface area (Å²) in [5.41, 5.74) is 0. The fourth-order valence-corrected chi connectivity index (χ4v) is 0. The molecular formula is Cl2O6Zr. The Bertz CT molecular complexity index is 26.5. The van der Waals surface area contributed by atoms with E-state index in [4.69, 9.17) is 28.0 Å². The molecule has 0 N–H and O–H groups in total. The zero-order valence-corrected chi connectivity index (χ0v) is 7.68. The van der Waals surface area contributed by atoms with Crippen LogP contribution in [0.25, 0.3) is 0 Å². The van der Waals surface area contributed by atoms with Crippen LogP contribution in [0.4, 0.5) is 0 Å². The van der Waals surface area contributed by atoms with Crippen LogP contribution in [0.15, 0.2) is 0 Å². The third-order valence-electron chi connectivity index (χ3n) is 0. The standard InChI is InChI=1S/2ClO3.Zr/c2*2-1(3)4;/q2*-1;+2. The van der Waals surface area contributed by atoms with Crippen LogP contribution in [-0.4, -0.2) is 0 Å². The van der Waals surface area contributed by atoms with E-state index in [0.717, 1.165) is 0 Å². The Morgan fingerprint density at radius 2 is 0.556 bits per heavy atom. The summed E-state index contributed by atoms with van der Waals surface area (Å²) >= 11 is 0. The van der Waals surface area contributed by atoms with Crippen LogP contribution in [0.3, 0.4) is 0 Å². The Morgan fingerprint density at radius 3 is 0.556 bits per heavy atom. The number of rotatable bonds is 0. The topological polar surface area (TPSA) is 138 Å². The molecule has 6 nitrogen and oxygen atoms in total. The van der Waals surface area contributed by atoms with Crippen LogP contribution in [-0.2, 0) is 26.2 Å². The third-order valence-corrected chi connectivity index (χ3v) is 0. The van der Waals surface area contributed by atoms with Crippen molar-refractivity contribution >= 4 is 0 Å². The van der Waals surface area contributed by atoms with Gasteiger partial charge in [0.2, 0.25) is 0 Å². The maximum absolute atomic E-state index is 8.41. The largest absolute Gasteiger partial charge is 2.00 e. The first-order valence-corrected chi connectivity index (χ1v) is 2.78. The molecule has 0 rings (SSSR count). The van der Waals surface area contributed by atoms with E-state index in [2.05, 4.69) is 0 Å². The molecule has 9 heavy (non-hydrogen) atoms. The Balaban J connectivity index is -0.0000000720. The molecule has 0 aromatic carbocycles. The minimum Gasteiger partial charge on any atom is -0.357 e. The summed E-state index contributed by atoms with van der Waals surface area (Å²) in [4.78, 5) is 0. The zero-order valence-electron chi connectivity index (χ0n) is 3.71. The van der Waals surface area contributed by atoms with E-state index >= 15 is 0 Å². The fraction of sp³-hybridized carbons (Fsp3) is 0. The molecule has 0 aromatic rings. The number of hydrogen-bond donors (Lipinski definition) is 0. The summed E-state index contributed by atoms with van der Waals surface area (Å²) < 4.78 is 50.4. The van der Waals surface area contributed by atoms with Crippen molar-refractivity contribution in [2.75, 3.05) is 0 Å². The van der Waals surface area contributed by atoms with E-state index in [1.807, 2.05) is 0 Å². The quantitative estimate of drug-likeness (QED) is 0.423. The van der Waals surface area contributed by atoms with Gasteiger partial charge in [-0.05, 0) is 0 Å². The molecule has 0 fully saturated rings. The zero-order chi connectivity index (χ0) is 7.15. The Hall–Kier alpha value is 1.22. The number of hydrogen-bond acceptors (Lipinski definition) is 6. The van der Waals surface area contributed by atoms with Gasteiger partial charge in [-0.1, -0.05) is 0 Å². The molecule has 0 unspecified atom stereocenters. The molecule has 0 aliphatic heterocycles. The molecule has 0 heterocycles.